The maximum Gasteiger partial charge on any atom is 0.230 e. The van der Waals surface area contributed by atoms with Gasteiger partial charge in [0.05, 0.1) is 17.4 Å². The molecule has 2 aromatic carbocycles. The van der Waals surface area contributed by atoms with Crippen LogP contribution in [0.4, 0.5) is 0 Å². The van der Waals surface area contributed by atoms with Gasteiger partial charge >= 0.3 is 0 Å². The number of benzene rings is 2. The summed E-state index contributed by atoms with van der Waals surface area (Å²) < 4.78 is 0. The van der Waals surface area contributed by atoms with Crippen LogP contribution >= 0.6 is 23.4 Å². The first-order chi connectivity index (χ1) is 10.7. The van der Waals surface area contributed by atoms with Gasteiger partial charge in [-0.3, -0.25) is 4.79 Å². The topological polar surface area (TPSA) is 49.3 Å². The van der Waals surface area contributed by atoms with Crippen LogP contribution in [0.5, 0.6) is 0 Å². The van der Waals surface area contributed by atoms with E-state index >= 15 is 0 Å². The molecule has 2 aromatic rings. The monoisotopic (exact) mass is 335 g/mol. The maximum absolute atomic E-state index is 11.8. The number of aliphatic hydroxyl groups excluding tert-OH is 1. The van der Waals surface area contributed by atoms with Gasteiger partial charge in [0.25, 0.3) is 0 Å². The van der Waals surface area contributed by atoms with Crippen LogP contribution in [-0.2, 0) is 17.8 Å². The molecule has 0 spiro atoms. The molecule has 116 valence electrons. The smallest absolute Gasteiger partial charge is 0.230 e. The molecule has 0 unspecified atom stereocenters. The van der Waals surface area contributed by atoms with Crippen molar-refractivity contribution >= 4 is 29.3 Å². The molecule has 3 nitrogen and oxygen atoms in total. The molecule has 0 saturated carbocycles. The fourth-order valence-corrected chi connectivity index (χ4v) is 2.98. The average molecular weight is 336 g/mol. The van der Waals surface area contributed by atoms with E-state index in [9.17, 15) is 4.79 Å². The molecule has 2 rings (SSSR count). The van der Waals surface area contributed by atoms with Crippen molar-refractivity contribution in [3.05, 3.63) is 64.7 Å². The lowest BCUT2D eigenvalue weighted by Gasteiger charge is -2.07. The number of carbonyl (C=O) groups is 1. The summed E-state index contributed by atoms with van der Waals surface area (Å²) in [5.41, 5.74) is 2.03. The summed E-state index contributed by atoms with van der Waals surface area (Å²) in [6, 6.07) is 15.2. The van der Waals surface area contributed by atoms with Gasteiger partial charge in [0.15, 0.2) is 0 Å². The van der Waals surface area contributed by atoms with Gasteiger partial charge < -0.3 is 10.4 Å². The van der Waals surface area contributed by atoms with Crippen LogP contribution in [0.15, 0.2) is 53.4 Å². The van der Waals surface area contributed by atoms with E-state index in [2.05, 4.69) is 5.32 Å². The van der Waals surface area contributed by atoms with Crippen LogP contribution < -0.4 is 5.32 Å². The van der Waals surface area contributed by atoms with E-state index < -0.39 is 0 Å². The highest BCUT2D eigenvalue weighted by Crippen LogP contribution is 2.26. The van der Waals surface area contributed by atoms with Crippen molar-refractivity contribution in [1.29, 1.82) is 0 Å². The summed E-state index contributed by atoms with van der Waals surface area (Å²) in [4.78, 5) is 12.7. The molecule has 22 heavy (non-hydrogen) atoms. The molecule has 0 radical (unpaired) electrons. The molecule has 0 heterocycles. The first-order valence-electron chi connectivity index (χ1n) is 7.02. The maximum atomic E-state index is 11.8. The Hall–Kier alpha value is -1.49. The van der Waals surface area contributed by atoms with Crippen molar-refractivity contribution < 1.29 is 9.90 Å². The fourth-order valence-electron chi connectivity index (χ4n) is 1.91. The lowest BCUT2D eigenvalue weighted by Crippen LogP contribution is -2.27. The van der Waals surface area contributed by atoms with E-state index in [-0.39, 0.29) is 12.5 Å². The van der Waals surface area contributed by atoms with Crippen LogP contribution in [0.3, 0.4) is 0 Å². The third kappa shape index (κ3) is 5.37. The van der Waals surface area contributed by atoms with Crippen LogP contribution in [0.1, 0.15) is 11.1 Å². The van der Waals surface area contributed by atoms with Crippen LogP contribution in [0, 0.1) is 0 Å². The zero-order valence-corrected chi connectivity index (χ0v) is 13.7. The van der Waals surface area contributed by atoms with Crippen molar-refractivity contribution in [3.63, 3.8) is 0 Å². The second-order valence-electron chi connectivity index (χ2n) is 4.79. The molecular weight excluding hydrogens is 318 g/mol. The standard InChI is InChI=1S/C17H18ClNO2S/c18-15-3-1-2-4-16(15)22-12-17(21)19-10-9-13-5-7-14(11-20)8-6-13/h1-8,20H,9-12H2,(H,19,21). The number of hydrogen-bond donors (Lipinski definition) is 2. The third-order valence-corrected chi connectivity index (χ3v) is 4.65. The lowest BCUT2D eigenvalue weighted by atomic mass is 10.1. The number of nitrogens with one attached hydrogen (secondary N) is 1. The number of carbonyl (C=O) groups excluding carboxylic acids is 1. The van der Waals surface area contributed by atoms with Crippen LogP contribution in [0.25, 0.3) is 0 Å². The van der Waals surface area contributed by atoms with Crippen molar-refractivity contribution in [1.82, 2.24) is 5.32 Å². The van der Waals surface area contributed by atoms with E-state index in [0.717, 1.165) is 22.4 Å². The highest BCUT2D eigenvalue weighted by atomic mass is 35.5. The number of amides is 1. The molecule has 0 fully saturated rings. The highest BCUT2D eigenvalue weighted by molar-refractivity contribution is 8.00. The Balaban J connectivity index is 1.70. The number of aliphatic hydroxyl groups is 1. The molecule has 0 aliphatic heterocycles. The normalized spacial score (nSPS) is 10.5. The predicted octanol–water partition coefficient (Wildman–Crippen LogP) is 3.28. The highest BCUT2D eigenvalue weighted by Gasteiger charge is 2.05. The molecule has 5 heteroatoms. The lowest BCUT2D eigenvalue weighted by molar-refractivity contribution is -0.118. The summed E-state index contributed by atoms with van der Waals surface area (Å²) in [6.07, 6.45) is 0.772. The van der Waals surface area contributed by atoms with Gasteiger partial charge in [0.1, 0.15) is 0 Å². The van der Waals surface area contributed by atoms with Gasteiger partial charge in [-0.15, -0.1) is 11.8 Å². The Morgan fingerprint density at radius 2 is 1.77 bits per heavy atom. The van der Waals surface area contributed by atoms with Gasteiger partial charge in [-0.2, -0.15) is 0 Å². The Bertz CT molecular complexity index is 616. The average Bonchev–Trinajstić information content (AvgIpc) is 2.55. The summed E-state index contributed by atoms with van der Waals surface area (Å²) >= 11 is 7.48. The first kappa shape index (κ1) is 16.9. The Morgan fingerprint density at radius 1 is 1.09 bits per heavy atom. The molecule has 0 saturated heterocycles. The SMILES string of the molecule is O=C(CSc1ccccc1Cl)NCCc1ccc(CO)cc1. The summed E-state index contributed by atoms with van der Waals surface area (Å²) in [7, 11) is 0. The van der Waals surface area contributed by atoms with Gasteiger partial charge in [-0.05, 0) is 29.7 Å². The van der Waals surface area contributed by atoms with Crippen LogP contribution in [-0.4, -0.2) is 23.3 Å². The van der Waals surface area contributed by atoms with Crippen molar-refractivity contribution in [2.24, 2.45) is 0 Å². The fraction of sp³-hybridized carbons (Fsp3) is 0.235. The molecule has 0 aliphatic rings. The van der Waals surface area contributed by atoms with Crippen molar-refractivity contribution in [2.75, 3.05) is 12.3 Å². The minimum atomic E-state index is -0.00287. The molecule has 0 atom stereocenters. The van der Waals surface area contributed by atoms with E-state index in [1.165, 1.54) is 11.8 Å². The van der Waals surface area contributed by atoms with Crippen molar-refractivity contribution in [2.45, 2.75) is 17.9 Å². The van der Waals surface area contributed by atoms with Gasteiger partial charge in [0, 0.05) is 11.4 Å². The van der Waals surface area contributed by atoms with Crippen molar-refractivity contribution in [3.8, 4) is 0 Å². The molecule has 0 aliphatic carbocycles. The van der Waals surface area contributed by atoms with E-state index in [1.807, 2.05) is 48.5 Å². The second-order valence-corrected chi connectivity index (χ2v) is 6.22. The van der Waals surface area contributed by atoms with Gasteiger partial charge in [-0.1, -0.05) is 48.0 Å². The summed E-state index contributed by atoms with van der Waals surface area (Å²) in [6.45, 7) is 0.649. The zero-order valence-electron chi connectivity index (χ0n) is 12.1. The minimum Gasteiger partial charge on any atom is -0.392 e. The number of halogens is 1. The molecule has 0 aromatic heterocycles. The second kappa shape index (κ2) is 8.83. The summed E-state index contributed by atoms with van der Waals surface area (Å²) in [5, 5.41) is 12.5. The van der Waals surface area contributed by atoms with Gasteiger partial charge in [0.2, 0.25) is 5.91 Å². The van der Waals surface area contributed by atoms with E-state index in [4.69, 9.17) is 16.7 Å². The molecule has 1 amide bonds. The third-order valence-electron chi connectivity index (χ3n) is 3.14. The molecular formula is C17H18ClNO2S. The number of thioether (sulfide) groups is 1. The zero-order chi connectivity index (χ0) is 15.8. The minimum absolute atomic E-state index is 0.00287. The first-order valence-corrected chi connectivity index (χ1v) is 8.38. The molecule has 2 N–H and O–H groups in total. The Morgan fingerprint density at radius 3 is 2.45 bits per heavy atom. The predicted molar refractivity (Wildman–Crippen MR) is 91.3 cm³/mol. The largest absolute Gasteiger partial charge is 0.392 e. The van der Waals surface area contributed by atoms with E-state index in [0.29, 0.717) is 17.3 Å². The number of rotatable bonds is 7. The van der Waals surface area contributed by atoms with E-state index in [1.54, 1.807) is 0 Å². The number of hydrogen-bond acceptors (Lipinski definition) is 3. The van der Waals surface area contributed by atoms with Crippen LogP contribution in [0.2, 0.25) is 5.02 Å². The Labute approximate surface area is 139 Å². The quantitative estimate of drug-likeness (QED) is 0.763. The van der Waals surface area contributed by atoms with Gasteiger partial charge in [-0.25, -0.2) is 0 Å². The molecule has 0 bridgehead atoms. The Kier molecular flexibility index (Phi) is 6.77. The summed E-state index contributed by atoms with van der Waals surface area (Å²) in [5.74, 6) is 0.351.